The van der Waals surface area contributed by atoms with Crippen LogP contribution in [0.3, 0.4) is 0 Å². The van der Waals surface area contributed by atoms with Gasteiger partial charge in [-0.1, -0.05) is 25.5 Å². The fraction of sp³-hybridized carbons (Fsp3) is 0.759. The maximum Gasteiger partial charge on any atom is 0.312 e. The second-order valence-corrected chi connectivity index (χ2v) is 13.2. The van der Waals surface area contributed by atoms with Gasteiger partial charge < -0.3 is 40.5 Å². The minimum absolute atomic E-state index is 0.242. The number of halogens is 1. The van der Waals surface area contributed by atoms with E-state index in [-0.39, 0.29) is 18.6 Å². The van der Waals surface area contributed by atoms with Gasteiger partial charge in [-0.05, 0) is 56.6 Å². The monoisotopic (exact) mass is 582 g/mol. The highest BCUT2D eigenvalue weighted by molar-refractivity contribution is 6.01. The molecule has 0 aliphatic heterocycles. The van der Waals surface area contributed by atoms with Crippen LogP contribution in [-0.2, 0) is 19.1 Å². The molecule has 0 heterocycles. The number of ether oxygens (including phenoxy) is 1. The quantitative estimate of drug-likeness (QED) is 0.219. The number of Topliss-reactive ketones (excluding diaryl/α,β-unsaturated/α-hetero) is 1. The number of alkyl halides is 1. The Balaban J connectivity index is 1.42. The Hall–Kier alpha value is -2.06. The van der Waals surface area contributed by atoms with E-state index in [1.165, 1.54) is 18.2 Å². The predicted octanol–water partition coefficient (Wildman–Crippen LogP) is -0.553. The molecule has 0 amide bonds. The summed E-state index contributed by atoms with van der Waals surface area (Å²) in [6.07, 6.45) is -6.23. The molecule has 7 N–H and O–H groups in total. The van der Waals surface area contributed by atoms with E-state index < -0.39 is 101 Å². The first-order chi connectivity index (χ1) is 19.0. The molecule has 11 nitrogen and oxygen atoms in total. The average Bonchev–Trinajstić information content (AvgIpc) is 3.09. The van der Waals surface area contributed by atoms with Crippen LogP contribution < -0.4 is 0 Å². The lowest BCUT2D eigenvalue weighted by Crippen LogP contribution is -2.69. The number of aliphatic hydroxyl groups excluding tert-OH is 5. The number of carboxylic acid groups (broad SMARTS) is 1. The zero-order valence-electron chi connectivity index (χ0n) is 23.2. The number of fused-ring (bicyclic) bond motifs is 5. The summed E-state index contributed by atoms with van der Waals surface area (Å²) in [7, 11) is 0. The van der Waals surface area contributed by atoms with E-state index in [1.807, 2.05) is 0 Å². The van der Waals surface area contributed by atoms with E-state index in [0.717, 1.165) is 0 Å². The van der Waals surface area contributed by atoms with E-state index in [1.54, 1.807) is 20.8 Å². The van der Waals surface area contributed by atoms with Crippen LogP contribution in [0.25, 0.3) is 0 Å². The van der Waals surface area contributed by atoms with Gasteiger partial charge in [0.2, 0.25) is 0 Å². The molecule has 228 valence electrons. The van der Waals surface area contributed by atoms with Gasteiger partial charge in [0, 0.05) is 16.7 Å². The van der Waals surface area contributed by atoms with Crippen LogP contribution in [-0.4, -0.2) is 108 Å². The van der Waals surface area contributed by atoms with Crippen LogP contribution >= 0.6 is 0 Å². The minimum Gasteiger partial charge on any atom is -0.481 e. The molecule has 5 aliphatic rings. The Morgan fingerprint density at radius 3 is 2.34 bits per heavy atom. The molecule has 0 bridgehead atoms. The van der Waals surface area contributed by atoms with Crippen molar-refractivity contribution in [2.45, 2.75) is 94.3 Å². The highest BCUT2D eigenvalue weighted by Gasteiger charge is 2.75. The Kier molecular flexibility index (Phi) is 7.22. The first-order valence-electron chi connectivity index (χ1n) is 14.1. The molecule has 14 atom stereocenters. The lowest BCUT2D eigenvalue weighted by Gasteiger charge is -2.62. The second kappa shape index (κ2) is 9.73. The van der Waals surface area contributed by atoms with Crippen LogP contribution in [0.5, 0.6) is 0 Å². The molecule has 0 unspecified atom stereocenters. The lowest BCUT2D eigenvalue weighted by atomic mass is 9.44. The summed E-state index contributed by atoms with van der Waals surface area (Å²) in [4.78, 5) is 37.3. The fourth-order valence-corrected chi connectivity index (χ4v) is 9.13. The van der Waals surface area contributed by atoms with Crippen LogP contribution in [0.2, 0.25) is 0 Å². The van der Waals surface area contributed by atoms with E-state index in [2.05, 4.69) is 0 Å². The molecule has 5 rings (SSSR count). The van der Waals surface area contributed by atoms with Crippen molar-refractivity contribution in [2.24, 2.45) is 34.5 Å². The van der Waals surface area contributed by atoms with Crippen molar-refractivity contribution in [1.82, 2.24) is 0 Å². The SMILES string of the molecule is C[C@@H]1C[C@H]2[C@@H]3CCC4=CC(=O)C=C[C@]4(C)[C@@]3(F)[C@@H](O)C[C@]2(C)[C@@]1(O)C(=O)CO[C@H]1[C@H](O)[C@@H](O)[C@H](O)[C@@H](C(=O)O)[C@@H]1O. The number of carbonyl (C=O) groups is 3. The zero-order chi connectivity index (χ0) is 30.4. The number of carboxylic acids is 1. The summed E-state index contributed by atoms with van der Waals surface area (Å²) < 4.78 is 22.7. The van der Waals surface area contributed by atoms with Crippen molar-refractivity contribution < 1.29 is 59.3 Å². The molecule has 41 heavy (non-hydrogen) atoms. The van der Waals surface area contributed by atoms with Crippen LogP contribution in [0, 0.1) is 34.5 Å². The lowest BCUT2D eigenvalue weighted by molar-refractivity contribution is -0.230. The van der Waals surface area contributed by atoms with Gasteiger partial charge >= 0.3 is 5.97 Å². The maximum absolute atomic E-state index is 17.3. The van der Waals surface area contributed by atoms with E-state index in [9.17, 15) is 50.1 Å². The number of hydrogen-bond donors (Lipinski definition) is 7. The molecule has 0 radical (unpaired) electrons. The van der Waals surface area contributed by atoms with Crippen molar-refractivity contribution in [2.75, 3.05) is 6.61 Å². The summed E-state index contributed by atoms with van der Waals surface area (Å²) in [6.45, 7) is 4.07. The molecule has 0 aromatic carbocycles. The summed E-state index contributed by atoms with van der Waals surface area (Å²) >= 11 is 0. The standard InChI is InChI=1S/C29H39FO11/c1-12-8-16-15-5-4-13-9-14(31)6-7-26(13,2)28(15,30)17(32)10-27(16,3)29(12,40)18(33)11-41-24-21(35)19(25(38)39)20(34)22(36)23(24)37/h6-7,9,12,15-17,19-24,32,34-37,40H,4-5,8,10-11H2,1-3H3,(H,38,39)/t12-,15+,16+,17+,19-,20-,21+,22+,23-,24-,26+,27+,28+,29+/m1/s1. The number of aliphatic carboxylic acids is 1. The molecule has 0 spiro atoms. The van der Waals surface area contributed by atoms with Crippen molar-refractivity contribution >= 4 is 17.5 Å². The number of carbonyl (C=O) groups excluding carboxylic acids is 2. The number of ketones is 2. The Morgan fingerprint density at radius 2 is 1.71 bits per heavy atom. The van der Waals surface area contributed by atoms with Gasteiger partial charge in [0.15, 0.2) is 17.2 Å². The summed E-state index contributed by atoms with van der Waals surface area (Å²) in [5.74, 6) is -6.60. The van der Waals surface area contributed by atoms with Gasteiger partial charge in [-0.25, -0.2) is 4.39 Å². The fourth-order valence-electron chi connectivity index (χ4n) is 9.13. The third kappa shape index (κ3) is 3.84. The molecule has 5 aliphatic carbocycles. The van der Waals surface area contributed by atoms with Gasteiger partial charge in [0.05, 0.1) is 18.3 Å². The minimum atomic E-state index is -2.15. The number of rotatable bonds is 5. The third-order valence-electron chi connectivity index (χ3n) is 11.4. The third-order valence-corrected chi connectivity index (χ3v) is 11.4. The normalized spacial score (nSPS) is 52.7. The topological polar surface area (TPSA) is 202 Å². The molecule has 0 saturated heterocycles. The van der Waals surface area contributed by atoms with Crippen molar-refractivity contribution in [3.05, 3.63) is 23.8 Å². The highest BCUT2D eigenvalue weighted by Crippen LogP contribution is 2.70. The Labute approximate surface area is 236 Å². The first-order valence-corrected chi connectivity index (χ1v) is 14.1. The number of allylic oxidation sites excluding steroid dienone is 4. The molecule has 4 saturated carbocycles. The van der Waals surface area contributed by atoms with E-state index >= 15 is 4.39 Å². The number of hydrogen-bond acceptors (Lipinski definition) is 10. The summed E-state index contributed by atoms with van der Waals surface area (Å²) in [5.41, 5.74) is -6.18. The van der Waals surface area contributed by atoms with Gasteiger partial charge in [-0.3, -0.25) is 14.4 Å². The summed E-state index contributed by atoms with van der Waals surface area (Å²) in [5, 5.41) is 73.9. The van der Waals surface area contributed by atoms with E-state index in [4.69, 9.17) is 4.74 Å². The van der Waals surface area contributed by atoms with Crippen LogP contribution in [0.15, 0.2) is 23.8 Å². The van der Waals surface area contributed by atoms with Gasteiger partial charge in [0.1, 0.15) is 36.4 Å². The predicted molar refractivity (Wildman–Crippen MR) is 138 cm³/mol. The molecule has 4 fully saturated rings. The van der Waals surface area contributed by atoms with Crippen molar-refractivity contribution in [3.8, 4) is 0 Å². The Morgan fingerprint density at radius 1 is 1.05 bits per heavy atom. The van der Waals surface area contributed by atoms with Gasteiger partial charge in [-0.2, -0.15) is 0 Å². The molecular weight excluding hydrogens is 543 g/mol. The maximum atomic E-state index is 17.3. The molecule has 0 aromatic rings. The van der Waals surface area contributed by atoms with Crippen molar-refractivity contribution in [3.63, 3.8) is 0 Å². The molecule has 12 heteroatoms. The van der Waals surface area contributed by atoms with Crippen LogP contribution in [0.4, 0.5) is 4.39 Å². The second-order valence-electron chi connectivity index (χ2n) is 13.2. The summed E-state index contributed by atoms with van der Waals surface area (Å²) in [6, 6.07) is 0. The molecular formula is C29H39FO11. The zero-order valence-corrected chi connectivity index (χ0v) is 23.2. The van der Waals surface area contributed by atoms with Crippen molar-refractivity contribution in [1.29, 1.82) is 0 Å². The molecule has 0 aromatic heterocycles. The van der Waals surface area contributed by atoms with E-state index in [0.29, 0.717) is 18.4 Å². The van der Waals surface area contributed by atoms with Gasteiger partial charge in [0.25, 0.3) is 0 Å². The highest BCUT2D eigenvalue weighted by atomic mass is 19.1. The number of aliphatic hydroxyl groups is 6. The largest absolute Gasteiger partial charge is 0.481 e. The average molecular weight is 583 g/mol. The van der Waals surface area contributed by atoms with Gasteiger partial charge in [-0.15, -0.1) is 0 Å². The first kappa shape index (κ1) is 30.4. The van der Waals surface area contributed by atoms with Crippen LogP contribution in [0.1, 0.15) is 46.5 Å². The smallest absolute Gasteiger partial charge is 0.312 e. The Bertz CT molecular complexity index is 1200.